The van der Waals surface area contributed by atoms with Crippen LogP contribution < -0.4 is 0 Å². The molecular formula is C19H22N4O2. The normalized spacial score (nSPS) is 17.4. The molecule has 2 aromatic heterocycles. The molecule has 1 aromatic carbocycles. The molecule has 25 heavy (non-hydrogen) atoms. The maximum atomic E-state index is 12.8. The van der Waals surface area contributed by atoms with Gasteiger partial charge < -0.3 is 9.30 Å². The SMILES string of the molecule is Cc1cc(C(=O)Cn2nnc3ccccc32)c(C)n1C[C@@H]1CCCO1. The first-order valence-corrected chi connectivity index (χ1v) is 8.73. The molecule has 0 spiro atoms. The second kappa shape index (κ2) is 6.44. The number of ether oxygens (including phenoxy) is 1. The molecule has 0 N–H and O–H groups in total. The molecule has 130 valence electrons. The van der Waals surface area contributed by atoms with Gasteiger partial charge in [-0.2, -0.15) is 0 Å². The van der Waals surface area contributed by atoms with E-state index in [-0.39, 0.29) is 18.4 Å². The van der Waals surface area contributed by atoms with Gasteiger partial charge in [-0.1, -0.05) is 17.3 Å². The number of aryl methyl sites for hydroxylation is 1. The van der Waals surface area contributed by atoms with Crippen LogP contribution in [0.15, 0.2) is 30.3 Å². The van der Waals surface area contributed by atoms with Crippen molar-refractivity contribution in [2.75, 3.05) is 6.61 Å². The van der Waals surface area contributed by atoms with E-state index in [4.69, 9.17) is 4.74 Å². The van der Waals surface area contributed by atoms with Gasteiger partial charge in [-0.05, 0) is 44.9 Å². The third kappa shape index (κ3) is 2.98. The summed E-state index contributed by atoms with van der Waals surface area (Å²) >= 11 is 0. The van der Waals surface area contributed by atoms with Gasteiger partial charge in [0.2, 0.25) is 0 Å². The zero-order valence-electron chi connectivity index (χ0n) is 14.6. The fourth-order valence-corrected chi connectivity index (χ4v) is 3.61. The van der Waals surface area contributed by atoms with Gasteiger partial charge in [-0.15, -0.1) is 5.10 Å². The first kappa shape index (κ1) is 16.0. The lowest BCUT2D eigenvalue weighted by molar-refractivity contribution is 0.0947. The molecule has 4 rings (SSSR count). The van der Waals surface area contributed by atoms with Crippen molar-refractivity contribution in [3.05, 3.63) is 47.3 Å². The largest absolute Gasteiger partial charge is 0.376 e. The van der Waals surface area contributed by atoms with E-state index in [9.17, 15) is 4.79 Å². The van der Waals surface area contributed by atoms with Gasteiger partial charge in [0, 0.05) is 30.1 Å². The summed E-state index contributed by atoms with van der Waals surface area (Å²) in [5.74, 6) is 0.0577. The highest BCUT2D eigenvalue weighted by molar-refractivity contribution is 5.97. The number of hydrogen-bond acceptors (Lipinski definition) is 4. The maximum Gasteiger partial charge on any atom is 0.186 e. The lowest BCUT2D eigenvalue weighted by Gasteiger charge is -2.14. The van der Waals surface area contributed by atoms with Gasteiger partial charge >= 0.3 is 0 Å². The monoisotopic (exact) mass is 338 g/mol. The minimum Gasteiger partial charge on any atom is -0.376 e. The number of ketones is 1. The predicted molar refractivity (Wildman–Crippen MR) is 94.7 cm³/mol. The molecule has 6 heteroatoms. The van der Waals surface area contributed by atoms with E-state index in [1.54, 1.807) is 4.68 Å². The number of benzene rings is 1. The van der Waals surface area contributed by atoms with Crippen molar-refractivity contribution in [3.63, 3.8) is 0 Å². The molecule has 6 nitrogen and oxygen atoms in total. The molecule has 0 saturated carbocycles. The topological polar surface area (TPSA) is 61.9 Å². The Morgan fingerprint density at radius 1 is 1.32 bits per heavy atom. The Hall–Kier alpha value is -2.47. The van der Waals surface area contributed by atoms with Crippen molar-refractivity contribution in [1.82, 2.24) is 19.6 Å². The Bertz CT molecular complexity index is 919. The van der Waals surface area contributed by atoms with Crippen LogP contribution in [-0.2, 0) is 17.8 Å². The highest BCUT2D eigenvalue weighted by Crippen LogP contribution is 2.21. The summed E-state index contributed by atoms with van der Waals surface area (Å²) < 4.78 is 9.61. The Morgan fingerprint density at radius 3 is 2.96 bits per heavy atom. The van der Waals surface area contributed by atoms with E-state index in [0.717, 1.165) is 54.0 Å². The van der Waals surface area contributed by atoms with E-state index in [0.29, 0.717) is 0 Å². The van der Waals surface area contributed by atoms with E-state index >= 15 is 0 Å². The Labute approximate surface area is 146 Å². The van der Waals surface area contributed by atoms with Gasteiger partial charge in [0.1, 0.15) is 12.1 Å². The number of aromatic nitrogens is 4. The zero-order valence-corrected chi connectivity index (χ0v) is 14.6. The fraction of sp³-hybridized carbons (Fsp3) is 0.421. The molecule has 3 aromatic rings. The van der Waals surface area contributed by atoms with E-state index in [2.05, 4.69) is 14.9 Å². The van der Waals surface area contributed by atoms with Gasteiger partial charge in [0.25, 0.3) is 0 Å². The number of rotatable bonds is 5. The number of para-hydroxylation sites is 1. The van der Waals surface area contributed by atoms with Crippen LogP contribution in [-0.4, -0.2) is 38.1 Å². The molecule has 0 aliphatic carbocycles. The lowest BCUT2D eigenvalue weighted by Crippen LogP contribution is -2.18. The first-order chi connectivity index (χ1) is 12.1. The van der Waals surface area contributed by atoms with Crippen LogP contribution in [0.2, 0.25) is 0 Å². The van der Waals surface area contributed by atoms with Crippen LogP contribution in [0.4, 0.5) is 0 Å². The number of Topliss-reactive ketones (excluding diaryl/α,β-unsaturated/α-hetero) is 1. The van der Waals surface area contributed by atoms with Crippen LogP contribution in [0.3, 0.4) is 0 Å². The summed E-state index contributed by atoms with van der Waals surface area (Å²) in [7, 11) is 0. The number of carbonyl (C=O) groups excluding carboxylic acids is 1. The molecule has 1 saturated heterocycles. The molecule has 0 unspecified atom stereocenters. The van der Waals surface area contributed by atoms with Crippen LogP contribution in [0, 0.1) is 13.8 Å². The van der Waals surface area contributed by atoms with Crippen LogP contribution in [0.25, 0.3) is 11.0 Å². The van der Waals surface area contributed by atoms with Crippen molar-refractivity contribution in [2.45, 2.75) is 45.9 Å². The molecule has 1 atom stereocenters. The van der Waals surface area contributed by atoms with Crippen LogP contribution >= 0.6 is 0 Å². The number of fused-ring (bicyclic) bond motifs is 1. The average Bonchev–Trinajstić information content (AvgIpc) is 3.32. The summed E-state index contributed by atoms with van der Waals surface area (Å²) in [5, 5.41) is 8.24. The number of nitrogens with zero attached hydrogens (tertiary/aromatic N) is 4. The summed E-state index contributed by atoms with van der Waals surface area (Å²) in [4.78, 5) is 12.8. The molecule has 1 aliphatic heterocycles. The summed E-state index contributed by atoms with van der Waals surface area (Å²) in [6.07, 6.45) is 2.47. The minimum atomic E-state index is 0.0577. The highest BCUT2D eigenvalue weighted by atomic mass is 16.5. The number of carbonyl (C=O) groups is 1. The first-order valence-electron chi connectivity index (χ1n) is 8.73. The molecule has 0 amide bonds. The standard InChI is InChI=1S/C19H22N4O2/c1-13-10-16(14(2)22(13)11-15-6-5-9-25-15)19(24)12-23-18-8-4-3-7-17(18)20-21-23/h3-4,7-8,10,15H,5-6,9,11-12H2,1-2H3/t15-/m0/s1. The van der Waals surface area contributed by atoms with Gasteiger partial charge in [-0.25, -0.2) is 4.68 Å². The van der Waals surface area contributed by atoms with E-state index in [1.807, 2.05) is 44.2 Å². The minimum absolute atomic E-state index is 0.0577. The van der Waals surface area contributed by atoms with Gasteiger partial charge in [0.15, 0.2) is 5.78 Å². The molecular weight excluding hydrogens is 316 g/mol. The predicted octanol–water partition coefficient (Wildman–Crippen LogP) is 2.91. The van der Waals surface area contributed by atoms with Crippen LogP contribution in [0.5, 0.6) is 0 Å². The average molecular weight is 338 g/mol. The Balaban J connectivity index is 1.57. The van der Waals surface area contributed by atoms with Crippen molar-refractivity contribution >= 4 is 16.8 Å². The number of hydrogen-bond donors (Lipinski definition) is 0. The van der Waals surface area contributed by atoms with Gasteiger partial charge in [0.05, 0.1) is 11.6 Å². The van der Waals surface area contributed by atoms with Gasteiger partial charge in [-0.3, -0.25) is 4.79 Å². The lowest BCUT2D eigenvalue weighted by atomic mass is 10.1. The molecule has 3 heterocycles. The maximum absolute atomic E-state index is 12.8. The molecule has 0 radical (unpaired) electrons. The smallest absolute Gasteiger partial charge is 0.186 e. The molecule has 1 aliphatic rings. The Kier molecular flexibility index (Phi) is 4.13. The fourth-order valence-electron chi connectivity index (χ4n) is 3.61. The van der Waals surface area contributed by atoms with Crippen LogP contribution in [0.1, 0.15) is 34.6 Å². The quantitative estimate of drug-likeness (QED) is 0.671. The van der Waals surface area contributed by atoms with E-state index in [1.165, 1.54) is 0 Å². The molecule has 0 bridgehead atoms. The van der Waals surface area contributed by atoms with Crippen molar-refractivity contribution in [1.29, 1.82) is 0 Å². The molecule has 1 fully saturated rings. The summed E-state index contributed by atoms with van der Waals surface area (Å²) in [6, 6.07) is 9.66. The third-order valence-corrected chi connectivity index (χ3v) is 5.00. The highest BCUT2D eigenvalue weighted by Gasteiger charge is 2.21. The van der Waals surface area contributed by atoms with E-state index < -0.39 is 0 Å². The second-order valence-electron chi connectivity index (χ2n) is 6.69. The zero-order chi connectivity index (χ0) is 17.4. The third-order valence-electron chi connectivity index (χ3n) is 5.00. The van der Waals surface area contributed by atoms with Crippen molar-refractivity contribution in [3.8, 4) is 0 Å². The van der Waals surface area contributed by atoms with Crippen molar-refractivity contribution in [2.24, 2.45) is 0 Å². The van der Waals surface area contributed by atoms with Crippen molar-refractivity contribution < 1.29 is 9.53 Å². The Morgan fingerprint density at radius 2 is 2.16 bits per heavy atom. The summed E-state index contributed by atoms with van der Waals surface area (Å²) in [5.41, 5.74) is 4.54. The second-order valence-corrected chi connectivity index (χ2v) is 6.69. The summed E-state index contributed by atoms with van der Waals surface area (Å²) in [6.45, 7) is 5.91.